The highest BCUT2D eigenvalue weighted by Crippen LogP contribution is 2.41. The van der Waals surface area contributed by atoms with Gasteiger partial charge in [-0.25, -0.2) is 14.8 Å². The highest BCUT2D eigenvalue weighted by atomic mass is 79.9. The fraction of sp³-hybridized carbons (Fsp3) is 0.579. The Labute approximate surface area is 178 Å². The fourth-order valence-corrected chi connectivity index (χ4v) is 4.37. The van der Waals surface area contributed by atoms with E-state index in [9.17, 15) is 4.79 Å². The molecule has 3 heterocycles. The summed E-state index contributed by atoms with van der Waals surface area (Å²) >= 11 is 10.3. The third-order valence-electron chi connectivity index (χ3n) is 4.69. The summed E-state index contributed by atoms with van der Waals surface area (Å²) in [6.07, 6.45) is 3.54. The second-order valence-corrected chi connectivity index (χ2v) is 8.52. The van der Waals surface area contributed by atoms with Gasteiger partial charge in [-0.1, -0.05) is 25.4 Å². The molecule has 1 aliphatic heterocycles. The zero-order chi connectivity index (χ0) is 20.4. The largest absolute Gasteiger partial charge is 0.460 e. The molecule has 0 aromatic carbocycles. The second-order valence-electron chi connectivity index (χ2n) is 7.30. The topological polar surface area (TPSA) is 73.1 Å². The molecule has 0 aliphatic carbocycles. The Morgan fingerprint density at radius 1 is 1.46 bits per heavy atom. The molecule has 1 aliphatic rings. The summed E-state index contributed by atoms with van der Waals surface area (Å²) < 4.78 is 7.66. The van der Waals surface area contributed by atoms with Crippen LogP contribution in [0.15, 0.2) is 10.7 Å². The van der Waals surface area contributed by atoms with Gasteiger partial charge in [0.2, 0.25) is 5.82 Å². The normalized spacial score (nSPS) is 16.8. The first-order valence-electron chi connectivity index (χ1n) is 9.52. The second kappa shape index (κ2) is 8.78. The summed E-state index contributed by atoms with van der Waals surface area (Å²) in [4.78, 5) is 22.8. The molecule has 0 N–H and O–H groups in total. The van der Waals surface area contributed by atoms with Crippen molar-refractivity contribution < 1.29 is 9.53 Å². The first-order chi connectivity index (χ1) is 13.3. The molecule has 9 heteroatoms. The van der Waals surface area contributed by atoms with E-state index in [1.165, 1.54) is 0 Å². The minimum absolute atomic E-state index is 0.0506. The summed E-state index contributed by atoms with van der Waals surface area (Å²) in [5, 5.41) is 5.33. The molecule has 3 rings (SSSR count). The molecule has 2 aromatic heterocycles. The zero-order valence-electron chi connectivity index (χ0n) is 16.6. The van der Waals surface area contributed by atoms with Crippen LogP contribution in [-0.2, 0) is 11.3 Å². The van der Waals surface area contributed by atoms with Crippen LogP contribution in [0.5, 0.6) is 0 Å². The molecule has 0 radical (unpaired) electrons. The number of hydrogen-bond acceptors (Lipinski definition) is 6. The molecule has 1 saturated heterocycles. The summed E-state index contributed by atoms with van der Waals surface area (Å²) in [6, 6.07) is 0.0506. The Bertz CT molecular complexity index is 870. The Balaban J connectivity index is 1.97. The van der Waals surface area contributed by atoms with E-state index in [2.05, 4.69) is 49.7 Å². The van der Waals surface area contributed by atoms with Gasteiger partial charge in [0.05, 0.1) is 22.8 Å². The van der Waals surface area contributed by atoms with Crippen molar-refractivity contribution in [2.24, 2.45) is 5.92 Å². The van der Waals surface area contributed by atoms with Crippen molar-refractivity contribution in [1.82, 2.24) is 19.7 Å². The van der Waals surface area contributed by atoms with Crippen LogP contribution >= 0.6 is 27.5 Å². The van der Waals surface area contributed by atoms with Crippen LogP contribution in [0.1, 0.15) is 61.5 Å². The Hall–Kier alpha value is -1.67. The van der Waals surface area contributed by atoms with E-state index in [0.717, 1.165) is 41.7 Å². The standard InChI is InChI=1S/C19H25BrClN5O2/c1-5-28-19(27)17-22-9-13(20)18(23-17)25-8-6-7-14(25)15-12(4)24-26(16(15)21)10-11(2)3/h9,11,14H,5-8,10H2,1-4H3. The number of hydrogen-bond donors (Lipinski definition) is 0. The van der Waals surface area contributed by atoms with Crippen molar-refractivity contribution >= 4 is 39.3 Å². The average Bonchev–Trinajstić information content (AvgIpc) is 3.19. The van der Waals surface area contributed by atoms with Crippen LogP contribution < -0.4 is 4.90 Å². The lowest BCUT2D eigenvalue weighted by molar-refractivity contribution is 0.0512. The Morgan fingerprint density at radius 2 is 2.21 bits per heavy atom. The molecule has 0 saturated carbocycles. The van der Waals surface area contributed by atoms with Gasteiger partial charge in [-0.3, -0.25) is 4.68 Å². The SMILES string of the molecule is CCOC(=O)c1ncc(Br)c(N2CCCC2c2c(C)nn(CC(C)C)c2Cl)n1. The van der Waals surface area contributed by atoms with Gasteiger partial charge in [0.15, 0.2) is 0 Å². The molecule has 152 valence electrons. The maximum atomic E-state index is 12.1. The number of aromatic nitrogens is 4. The first-order valence-corrected chi connectivity index (χ1v) is 10.7. The average molecular weight is 471 g/mol. The third kappa shape index (κ3) is 4.17. The van der Waals surface area contributed by atoms with Gasteiger partial charge in [0, 0.05) is 24.8 Å². The number of anilines is 1. The summed E-state index contributed by atoms with van der Waals surface area (Å²) in [6.45, 7) is 9.91. The van der Waals surface area contributed by atoms with Crippen LogP contribution in [0.3, 0.4) is 0 Å². The van der Waals surface area contributed by atoms with E-state index in [1.807, 2.05) is 11.6 Å². The van der Waals surface area contributed by atoms with Crippen molar-refractivity contribution in [3.05, 3.63) is 32.9 Å². The third-order valence-corrected chi connectivity index (χ3v) is 5.65. The van der Waals surface area contributed by atoms with Crippen molar-refractivity contribution in [3.63, 3.8) is 0 Å². The fourth-order valence-electron chi connectivity index (χ4n) is 3.59. The molecule has 0 amide bonds. The van der Waals surface area contributed by atoms with Crippen LogP contribution in [-0.4, -0.2) is 38.9 Å². The Morgan fingerprint density at radius 3 is 2.89 bits per heavy atom. The molecule has 0 bridgehead atoms. The lowest BCUT2D eigenvalue weighted by atomic mass is 10.1. The van der Waals surface area contributed by atoms with Crippen LogP contribution in [0.4, 0.5) is 5.82 Å². The number of nitrogens with zero attached hydrogens (tertiary/aromatic N) is 5. The van der Waals surface area contributed by atoms with E-state index in [4.69, 9.17) is 16.3 Å². The molecule has 1 atom stereocenters. The maximum absolute atomic E-state index is 12.1. The van der Waals surface area contributed by atoms with Crippen molar-refractivity contribution in [3.8, 4) is 0 Å². The lowest BCUT2D eigenvalue weighted by Crippen LogP contribution is -2.26. The predicted octanol–water partition coefficient (Wildman–Crippen LogP) is 4.57. The van der Waals surface area contributed by atoms with Gasteiger partial charge >= 0.3 is 5.97 Å². The van der Waals surface area contributed by atoms with Crippen molar-refractivity contribution in [2.45, 2.75) is 53.1 Å². The summed E-state index contributed by atoms with van der Waals surface area (Å²) in [5.74, 6) is 0.662. The molecule has 1 unspecified atom stereocenters. The number of halogens is 2. The van der Waals surface area contributed by atoms with E-state index < -0.39 is 5.97 Å². The minimum Gasteiger partial charge on any atom is -0.460 e. The minimum atomic E-state index is -0.522. The first kappa shape index (κ1) is 21.0. The predicted molar refractivity (Wildman–Crippen MR) is 112 cm³/mol. The summed E-state index contributed by atoms with van der Waals surface area (Å²) in [5.41, 5.74) is 1.96. The van der Waals surface area contributed by atoms with Crippen LogP contribution in [0, 0.1) is 12.8 Å². The number of rotatable bonds is 6. The molecule has 7 nitrogen and oxygen atoms in total. The molecule has 1 fully saturated rings. The molecule has 0 spiro atoms. The van der Waals surface area contributed by atoms with Gasteiger partial charge < -0.3 is 9.64 Å². The van der Waals surface area contributed by atoms with Gasteiger partial charge in [0.1, 0.15) is 11.0 Å². The maximum Gasteiger partial charge on any atom is 0.376 e. The number of ether oxygens (including phenoxy) is 1. The van der Waals surface area contributed by atoms with E-state index in [0.29, 0.717) is 16.9 Å². The quantitative estimate of drug-likeness (QED) is 0.576. The molecule has 2 aromatic rings. The van der Waals surface area contributed by atoms with Gasteiger partial charge in [0.25, 0.3) is 0 Å². The van der Waals surface area contributed by atoms with Gasteiger partial charge in [-0.15, -0.1) is 0 Å². The van der Waals surface area contributed by atoms with Crippen molar-refractivity contribution in [1.29, 1.82) is 0 Å². The summed E-state index contributed by atoms with van der Waals surface area (Å²) in [7, 11) is 0. The molecular weight excluding hydrogens is 446 g/mol. The number of aryl methyl sites for hydroxylation is 1. The number of esters is 1. The molecule has 28 heavy (non-hydrogen) atoms. The van der Waals surface area contributed by atoms with Crippen LogP contribution in [0.25, 0.3) is 0 Å². The zero-order valence-corrected chi connectivity index (χ0v) is 18.9. The van der Waals surface area contributed by atoms with E-state index in [1.54, 1.807) is 13.1 Å². The lowest BCUT2D eigenvalue weighted by Gasteiger charge is -2.27. The van der Waals surface area contributed by atoms with E-state index >= 15 is 0 Å². The molecular formula is C19H25BrClN5O2. The van der Waals surface area contributed by atoms with Gasteiger partial charge in [-0.2, -0.15) is 5.10 Å². The van der Waals surface area contributed by atoms with Gasteiger partial charge in [-0.05, 0) is 48.5 Å². The number of carbonyl (C=O) groups excluding carboxylic acids is 1. The van der Waals surface area contributed by atoms with Crippen LogP contribution in [0.2, 0.25) is 5.15 Å². The highest BCUT2D eigenvalue weighted by Gasteiger charge is 2.34. The highest BCUT2D eigenvalue weighted by molar-refractivity contribution is 9.10. The van der Waals surface area contributed by atoms with E-state index in [-0.39, 0.29) is 18.5 Å². The monoisotopic (exact) mass is 469 g/mol. The Kier molecular flexibility index (Phi) is 6.60. The smallest absolute Gasteiger partial charge is 0.376 e. The number of carbonyl (C=O) groups is 1. The van der Waals surface area contributed by atoms with Crippen molar-refractivity contribution in [2.75, 3.05) is 18.1 Å².